The third-order valence-corrected chi connectivity index (χ3v) is 6.82. The molecule has 0 heterocycles. The number of rotatable bonds is 9. The quantitative estimate of drug-likeness (QED) is 0.541. The second-order valence-electron chi connectivity index (χ2n) is 8.14. The Morgan fingerprint density at radius 2 is 1.59 bits per heavy atom. The van der Waals surface area contributed by atoms with Gasteiger partial charge in [-0.3, -0.25) is 18.6 Å². The molecule has 1 atom stereocenters. The number of hydrogen-bond donors (Lipinski definition) is 2. The summed E-state index contributed by atoms with van der Waals surface area (Å²) in [5, 5.41) is 5.97. The molecule has 0 aliphatic heterocycles. The molecule has 1 aliphatic carbocycles. The minimum absolute atomic E-state index is 0.0905. The summed E-state index contributed by atoms with van der Waals surface area (Å²) in [7, 11) is -1.81. The van der Waals surface area contributed by atoms with Crippen molar-refractivity contribution in [1.82, 2.24) is 5.32 Å². The van der Waals surface area contributed by atoms with E-state index in [1.807, 2.05) is 0 Å². The molecule has 3 rings (SSSR count). The Labute approximate surface area is 205 Å². The summed E-state index contributed by atoms with van der Waals surface area (Å²) in [6.45, 7) is -0.226. The van der Waals surface area contributed by atoms with Gasteiger partial charge in [-0.15, -0.1) is 0 Å². The minimum atomic E-state index is -1.81. The van der Waals surface area contributed by atoms with Crippen molar-refractivity contribution in [2.24, 2.45) is 0 Å². The third kappa shape index (κ3) is 8.22. The number of nitrogens with zero attached hydrogens (tertiary/aromatic N) is 1. The number of carbonyl (C=O) groups excluding carboxylic acids is 3. The summed E-state index contributed by atoms with van der Waals surface area (Å²) in [4.78, 5) is 39.1. The Morgan fingerprint density at radius 3 is 2.24 bits per heavy atom. The molecular weight excluding hydrogens is 481 g/mol. The first-order valence-electron chi connectivity index (χ1n) is 11.1. The predicted molar refractivity (Wildman–Crippen MR) is 132 cm³/mol. The number of anilines is 2. The average Bonchev–Trinajstić information content (AvgIpc) is 2.80. The van der Waals surface area contributed by atoms with Gasteiger partial charge in [0.25, 0.3) is 0 Å². The molecule has 3 amide bonds. The Morgan fingerprint density at radius 1 is 0.941 bits per heavy atom. The Kier molecular flexibility index (Phi) is 9.59. The number of halogens is 2. The zero-order valence-electron chi connectivity index (χ0n) is 18.6. The molecule has 2 aromatic rings. The highest BCUT2D eigenvalue weighted by Crippen LogP contribution is 2.20. The molecule has 0 aromatic heterocycles. The van der Waals surface area contributed by atoms with Crippen molar-refractivity contribution in [2.45, 2.75) is 38.1 Å². The minimum Gasteiger partial charge on any atom is -0.352 e. The summed E-state index contributed by atoms with van der Waals surface area (Å²) in [5.74, 6) is -2.70. The Balaban J connectivity index is 1.61. The van der Waals surface area contributed by atoms with Crippen LogP contribution in [0.25, 0.3) is 0 Å². The van der Waals surface area contributed by atoms with E-state index in [1.165, 1.54) is 29.2 Å². The summed E-state index contributed by atoms with van der Waals surface area (Å²) in [5.41, 5.74) is 0.804. The zero-order valence-corrected chi connectivity index (χ0v) is 20.2. The van der Waals surface area contributed by atoms with Crippen molar-refractivity contribution >= 4 is 51.5 Å². The lowest BCUT2D eigenvalue weighted by molar-refractivity contribution is -0.123. The van der Waals surface area contributed by atoms with E-state index in [0.29, 0.717) is 16.4 Å². The molecule has 182 valence electrons. The molecule has 34 heavy (non-hydrogen) atoms. The van der Waals surface area contributed by atoms with Gasteiger partial charge < -0.3 is 15.5 Å². The molecular formula is C24H27ClFN3O4S. The average molecular weight is 508 g/mol. The highest BCUT2D eigenvalue weighted by Gasteiger charge is 2.24. The first-order valence-corrected chi connectivity index (χ1v) is 12.9. The van der Waals surface area contributed by atoms with Crippen molar-refractivity contribution in [3.63, 3.8) is 0 Å². The fourth-order valence-corrected chi connectivity index (χ4v) is 4.78. The van der Waals surface area contributed by atoms with E-state index in [-0.39, 0.29) is 18.5 Å². The van der Waals surface area contributed by atoms with E-state index in [9.17, 15) is 23.0 Å². The van der Waals surface area contributed by atoms with Gasteiger partial charge in [0.05, 0.1) is 0 Å². The van der Waals surface area contributed by atoms with E-state index in [0.717, 1.165) is 32.1 Å². The fourth-order valence-electron chi connectivity index (χ4n) is 3.75. The van der Waals surface area contributed by atoms with Crippen molar-refractivity contribution < 1.29 is 23.0 Å². The van der Waals surface area contributed by atoms with Crippen LogP contribution in [0.4, 0.5) is 15.8 Å². The third-order valence-electron chi connectivity index (χ3n) is 5.42. The van der Waals surface area contributed by atoms with Crippen LogP contribution in [0.2, 0.25) is 5.02 Å². The lowest BCUT2D eigenvalue weighted by Gasteiger charge is -2.26. The van der Waals surface area contributed by atoms with Crippen LogP contribution in [0.15, 0.2) is 48.5 Å². The van der Waals surface area contributed by atoms with Crippen LogP contribution in [0.1, 0.15) is 32.1 Å². The highest BCUT2D eigenvalue weighted by molar-refractivity contribution is 7.86. The van der Waals surface area contributed by atoms with E-state index in [2.05, 4.69) is 10.6 Å². The lowest BCUT2D eigenvalue weighted by Crippen LogP contribution is -2.46. The number of carbonyl (C=O) groups is 3. The second kappa shape index (κ2) is 12.6. The fraction of sp³-hybridized carbons (Fsp3) is 0.375. The van der Waals surface area contributed by atoms with Crippen LogP contribution in [0.5, 0.6) is 0 Å². The molecule has 1 saturated carbocycles. The standard InChI is InChI=1S/C24H27ClFN3O4S/c25-17-6-12-21(13-7-17)29(14-22(30)27-19-4-2-1-3-5-19)24(32)16-34(33)15-23(31)28-20-10-8-18(26)9-11-20/h6-13,19H,1-5,14-16H2,(H,27,30)(H,28,31)/t34-/m0/s1. The van der Waals surface area contributed by atoms with Gasteiger partial charge in [-0.2, -0.15) is 0 Å². The van der Waals surface area contributed by atoms with Crippen LogP contribution in [0.3, 0.4) is 0 Å². The molecule has 0 unspecified atom stereocenters. The van der Waals surface area contributed by atoms with Crippen LogP contribution < -0.4 is 15.5 Å². The number of benzene rings is 2. The van der Waals surface area contributed by atoms with Gasteiger partial charge >= 0.3 is 0 Å². The van der Waals surface area contributed by atoms with Crippen molar-refractivity contribution in [3.8, 4) is 0 Å². The summed E-state index contributed by atoms with van der Waals surface area (Å²) < 4.78 is 25.5. The number of hydrogen-bond acceptors (Lipinski definition) is 4. The first kappa shape index (κ1) is 25.8. The molecule has 0 bridgehead atoms. The molecule has 0 saturated heterocycles. The topological polar surface area (TPSA) is 95.6 Å². The van der Waals surface area contributed by atoms with Crippen molar-refractivity contribution in [1.29, 1.82) is 0 Å². The molecule has 2 aromatic carbocycles. The van der Waals surface area contributed by atoms with E-state index in [4.69, 9.17) is 11.6 Å². The van der Waals surface area contributed by atoms with Gasteiger partial charge in [0.1, 0.15) is 23.9 Å². The maximum atomic E-state index is 13.0. The molecule has 2 N–H and O–H groups in total. The first-order chi connectivity index (χ1) is 16.3. The maximum absolute atomic E-state index is 13.0. The zero-order chi connectivity index (χ0) is 24.5. The largest absolute Gasteiger partial charge is 0.352 e. The molecule has 7 nitrogen and oxygen atoms in total. The van der Waals surface area contributed by atoms with Gasteiger partial charge in [0.2, 0.25) is 17.7 Å². The van der Waals surface area contributed by atoms with Gasteiger partial charge in [-0.05, 0) is 61.4 Å². The van der Waals surface area contributed by atoms with Crippen LogP contribution >= 0.6 is 11.6 Å². The predicted octanol–water partition coefficient (Wildman–Crippen LogP) is 3.65. The van der Waals surface area contributed by atoms with Gasteiger partial charge in [0, 0.05) is 33.2 Å². The highest BCUT2D eigenvalue weighted by atomic mass is 35.5. The van der Waals surface area contributed by atoms with Gasteiger partial charge in [-0.1, -0.05) is 30.9 Å². The SMILES string of the molecule is O=C(C[S@](=O)CC(=O)N(CC(=O)NC1CCCCC1)c1ccc(Cl)cc1)Nc1ccc(F)cc1. The number of nitrogens with one attached hydrogen (secondary N) is 2. The smallest absolute Gasteiger partial charge is 0.240 e. The summed E-state index contributed by atoms with van der Waals surface area (Å²) in [6, 6.07) is 11.7. The van der Waals surface area contributed by atoms with E-state index >= 15 is 0 Å². The maximum Gasteiger partial charge on any atom is 0.240 e. The molecule has 0 radical (unpaired) electrons. The molecule has 1 fully saturated rings. The van der Waals surface area contributed by atoms with E-state index in [1.54, 1.807) is 24.3 Å². The Hall–Kier alpha value is -2.78. The normalized spacial score (nSPS) is 14.8. The number of amides is 3. The van der Waals surface area contributed by atoms with Crippen molar-refractivity contribution in [3.05, 3.63) is 59.4 Å². The summed E-state index contributed by atoms with van der Waals surface area (Å²) >= 11 is 5.95. The monoisotopic (exact) mass is 507 g/mol. The van der Waals surface area contributed by atoms with Crippen molar-refractivity contribution in [2.75, 3.05) is 28.3 Å². The van der Waals surface area contributed by atoms with Crippen LogP contribution in [0, 0.1) is 5.82 Å². The summed E-state index contributed by atoms with van der Waals surface area (Å²) in [6.07, 6.45) is 5.09. The second-order valence-corrected chi connectivity index (χ2v) is 10.0. The van der Waals surface area contributed by atoms with Crippen LogP contribution in [-0.2, 0) is 25.2 Å². The molecule has 10 heteroatoms. The van der Waals surface area contributed by atoms with E-state index < -0.39 is 39.9 Å². The van der Waals surface area contributed by atoms with Gasteiger partial charge in [0.15, 0.2) is 0 Å². The molecule has 0 spiro atoms. The lowest BCUT2D eigenvalue weighted by atomic mass is 9.95. The van der Waals surface area contributed by atoms with Gasteiger partial charge in [-0.25, -0.2) is 4.39 Å². The molecule has 1 aliphatic rings. The Bertz CT molecular complexity index is 1030. The van der Waals surface area contributed by atoms with Crippen LogP contribution in [-0.4, -0.2) is 46.0 Å².